The van der Waals surface area contributed by atoms with Crippen LogP contribution in [-0.4, -0.2) is 13.1 Å². The average molecular weight is 342 g/mol. The first-order valence-electron chi connectivity index (χ1n) is 8.36. The first-order chi connectivity index (χ1) is 12.7. The molecule has 0 aromatic heterocycles. The monoisotopic (exact) mass is 342 g/mol. The fourth-order valence-electron chi connectivity index (χ4n) is 3.04. The van der Waals surface area contributed by atoms with E-state index in [-0.39, 0.29) is 6.03 Å². The lowest BCUT2D eigenvalue weighted by Crippen LogP contribution is -2.19. The second kappa shape index (κ2) is 6.76. The lowest BCUT2D eigenvalue weighted by Gasteiger charge is -2.11. The van der Waals surface area contributed by atoms with Crippen molar-refractivity contribution in [2.45, 2.75) is 0 Å². The van der Waals surface area contributed by atoms with Crippen LogP contribution in [0.1, 0.15) is 0 Å². The second-order valence-electron chi connectivity index (χ2n) is 6.03. The highest BCUT2D eigenvalue weighted by Crippen LogP contribution is 2.27. The number of carbonyl (C=O) groups is 1. The third-order valence-corrected chi connectivity index (χ3v) is 4.34. The third-order valence-electron chi connectivity index (χ3n) is 4.34. The van der Waals surface area contributed by atoms with Crippen LogP contribution < -0.4 is 15.4 Å². The third kappa shape index (κ3) is 3.17. The first kappa shape index (κ1) is 16.0. The molecule has 0 saturated heterocycles. The molecule has 4 rings (SSSR count). The van der Waals surface area contributed by atoms with Crippen molar-refractivity contribution in [3.05, 3.63) is 78.9 Å². The molecule has 0 radical (unpaired) electrons. The number of urea groups is 1. The minimum absolute atomic E-state index is 0.282. The van der Waals surface area contributed by atoms with E-state index in [0.717, 1.165) is 38.7 Å². The standard InChI is InChI=1S/C22H18N2O2/c1-26-19-12-10-16-7-4-8-21(20(16)14-19)24-22(25)23-18-11-9-15-5-2-3-6-17(15)13-18/h2-14H,1H3,(H2,23,24,25). The molecule has 0 fully saturated rings. The van der Waals surface area contributed by atoms with Crippen molar-refractivity contribution >= 4 is 39.0 Å². The van der Waals surface area contributed by atoms with Gasteiger partial charge in [-0.15, -0.1) is 0 Å². The van der Waals surface area contributed by atoms with Crippen molar-refractivity contribution in [3.63, 3.8) is 0 Å². The van der Waals surface area contributed by atoms with E-state index in [1.165, 1.54) is 0 Å². The number of methoxy groups -OCH3 is 1. The van der Waals surface area contributed by atoms with Gasteiger partial charge in [-0.3, -0.25) is 0 Å². The Morgan fingerprint density at radius 2 is 1.54 bits per heavy atom. The Hall–Kier alpha value is -3.53. The predicted molar refractivity (Wildman–Crippen MR) is 107 cm³/mol. The summed E-state index contributed by atoms with van der Waals surface area (Å²) in [5, 5.41) is 10.0. The number of hydrogen-bond acceptors (Lipinski definition) is 2. The number of benzene rings is 4. The normalized spacial score (nSPS) is 10.7. The van der Waals surface area contributed by atoms with Gasteiger partial charge in [0.15, 0.2) is 0 Å². The summed E-state index contributed by atoms with van der Waals surface area (Å²) in [6.07, 6.45) is 0. The van der Waals surface area contributed by atoms with Crippen LogP contribution in [0.3, 0.4) is 0 Å². The van der Waals surface area contributed by atoms with E-state index in [4.69, 9.17) is 4.74 Å². The number of ether oxygens (including phenoxy) is 1. The van der Waals surface area contributed by atoms with Crippen molar-refractivity contribution in [2.24, 2.45) is 0 Å². The van der Waals surface area contributed by atoms with E-state index in [1.807, 2.05) is 78.9 Å². The van der Waals surface area contributed by atoms with Crippen molar-refractivity contribution < 1.29 is 9.53 Å². The SMILES string of the molecule is COc1ccc2cccc(NC(=O)Nc3ccc4ccccc4c3)c2c1. The largest absolute Gasteiger partial charge is 0.497 e. The van der Waals surface area contributed by atoms with Crippen LogP contribution in [0.15, 0.2) is 78.9 Å². The number of fused-ring (bicyclic) bond motifs is 2. The smallest absolute Gasteiger partial charge is 0.323 e. The maximum atomic E-state index is 12.5. The van der Waals surface area contributed by atoms with Crippen LogP contribution in [0.2, 0.25) is 0 Å². The van der Waals surface area contributed by atoms with Gasteiger partial charge >= 0.3 is 6.03 Å². The first-order valence-corrected chi connectivity index (χ1v) is 8.36. The van der Waals surface area contributed by atoms with Gasteiger partial charge in [-0.05, 0) is 46.5 Å². The highest BCUT2D eigenvalue weighted by atomic mass is 16.5. The minimum atomic E-state index is -0.282. The molecular weight excluding hydrogens is 324 g/mol. The Balaban J connectivity index is 1.58. The summed E-state index contributed by atoms with van der Waals surface area (Å²) >= 11 is 0. The van der Waals surface area contributed by atoms with Crippen molar-refractivity contribution in [3.8, 4) is 5.75 Å². The molecule has 2 N–H and O–H groups in total. The number of rotatable bonds is 3. The van der Waals surface area contributed by atoms with E-state index in [1.54, 1.807) is 7.11 Å². The highest BCUT2D eigenvalue weighted by molar-refractivity contribution is 6.07. The molecule has 0 aliphatic carbocycles. The van der Waals surface area contributed by atoms with Crippen molar-refractivity contribution in [1.29, 1.82) is 0 Å². The van der Waals surface area contributed by atoms with Gasteiger partial charge in [0, 0.05) is 11.1 Å². The Kier molecular flexibility index (Phi) is 4.15. The van der Waals surface area contributed by atoms with Gasteiger partial charge in [-0.1, -0.05) is 48.5 Å². The van der Waals surface area contributed by atoms with Gasteiger partial charge in [-0.2, -0.15) is 0 Å². The van der Waals surface area contributed by atoms with E-state index in [9.17, 15) is 4.79 Å². The zero-order valence-corrected chi connectivity index (χ0v) is 14.3. The Morgan fingerprint density at radius 3 is 2.38 bits per heavy atom. The van der Waals surface area contributed by atoms with Crippen molar-refractivity contribution in [1.82, 2.24) is 0 Å². The van der Waals surface area contributed by atoms with Crippen LogP contribution in [-0.2, 0) is 0 Å². The summed E-state index contributed by atoms with van der Waals surface area (Å²) < 4.78 is 5.29. The Bertz CT molecular complexity index is 1110. The quantitative estimate of drug-likeness (QED) is 0.506. The maximum absolute atomic E-state index is 12.5. The molecule has 4 aromatic carbocycles. The van der Waals surface area contributed by atoms with E-state index < -0.39 is 0 Å². The molecule has 0 saturated carbocycles. The Morgan fingerprint density at radius 1 is 0.769 bits per heavy atom. The molecular formula is C22H18N2O2. The predicted octanol–water partition coefficient (Wildman–Crippen LogP) is 5.65. The number of nitrogens with one attached hydrogen (secondary N) is 2. The molecule has 0 heterocycles. The molecule has 0 bridgehead atoms. The number of anilines is 2. The number of hydrogen-bond donors (Lipinski definition) is 2. The summed E-state index contributed by atoms with van der Waals surface area (Å²) in [7, 11) is 1.63. The molecule has 0 aliphatic heterocycles. The molecule has 2 amide bonds. The molecule has 4 aromatic rings. The van der Waals surface area contributed by atoms with Crippen LogP contribution >= 0.6 is 0 Å². The molecule has 0 unspecified atom stereocenters. The van der Waals surface area contributed by atoms with E-state index in [2.05, 4.69) is 10.6 Å². The van der Waals surface area contributed by atoms with E-state index >= 15 is 0 Å². The molecule has 4 nitrogen and oxygen atoms in total. The molecule has 0 aliphatic rings. The number of carbonyl (C=O) groups excluding carboxylic acids is 1. The summed E-state index contributed by atoms with van der Waals surface area (Å²) in [6.45, 7) is 0. The topological polar surface area (TPSA) is 50.4 Å². The van der Waals surface area contributed by atoms with E-state index in [0.29, 0.717) is 0 Å². The highest BCUT2D eigenvalue weighted by Gasteiger charge is 2.07. The fraction of sp³-hybridized carbons (Fsp3) is 0.0455. The van der Waals surface area contributed by atoms with Gasteiger partial charge in [-0.25, -0.2) is 4.79 Å². The van der Waals surface area contributed by atoms with Crippen LogP contribution in [0, 0.1) is 0 Å². The van der Waals surface area contributed by atoms with Crippen molar-refractivity contribution in [2.75, 3.05) is 17.7 Å². The summed E-state index contributed by atoms with van der Waals surface area (Å²) in [4.78, 5) is 12.5. The molecule has 26 heavy (non-hydrogen) atoms. The van der Waals surface area contributed by atoms with Gasteiger partial charge in [0.05, 0.1) is 12.8 Å². The summed E-state index contributed by atoms with van der Waals surface area (Å²) in [5.41, 5.74) is 1.48. The summed E-state index contributed by atoms with van der Waals surface area (Å²) in [6, 6.07) is 25.2. The van der Waals surface area contributed by atoms with Crippen LogP contribution in [0.4, 0.5) is 16.2 Å². The maximum Gasteiger partial charge on any atom is 0.323 e. The number of amides is 2. The zero-order chi connectivity index (χ0) is 17.9. The molecule has 0 atom stereocenters. The molecule has 4 heteroatoms. The molecule has 128 valence electrons. The lowest BCUT2D eigenvalue weighted by atomic mass is 10.1. The van der Waals surface area contributed by atoms with Crippen LogP contribution in [0.25, 0.3) is 21.5 Å². The zero-order valence-electron chi connectivity index (χ0n) is 14.3. The Labute approximate surface area is 151 Å². The van der Waals surface area contributed by atoms with Gasteiger partial charge in [0.2, 0.25) is 0 Å². The van der Waals surface area contributed by atoms with Crippen LogP contribution in [0.5, 0.6) is 5.75 Å². The van der Waals surface area contributed by atoms with Gasteiger partial charge in [0.25, 0.3) is 0 Å². The minimum Gasteiger partial charge on any atom is -0.497 e. The second-order valence-corrected chi connectivity index (χ2v) is 6.03. The average Bonchev–Trinajstić information content (AvgIpc) is 2.68. The fourth-order valence-corrected chi connectivity index (χ4v) is 3.04. The molecule has 0 spiro atoms. The van der Waals surface area contributed by atoms with Gasteiger partial charge in [0.1, 0.15) is 5.75 Å². The summed E-state index contributed by atoms with van der Waals surface area (Å²) in [5.74, 6) is 0.752. The van der Waals surface area contributed by atoms with Gasteiger partial charge < -0.3 is 15.4 Å². The lowest BCUT2D eigenvalue weighted by molar-refractivity contribution is 0.262.